The minimum Gasteiger partial charge on any atom is -0.370 e. The number of rotatable bonds is 0. The first kappa shape index (κ1) is 9.32. The van der Waals surface area contributed by atoms with Gasteiger partial charge in [0, 0.05) is 13.1 Å². The number of morpholine rings is 1. The van der Waals surface area contributed by atoms with Gasteiger partial charge in [-0.3, -0.25) is 5.41 Å². The highest BCUT2D eigenvalue weighted by Gasteiger charge is 2.31. The van der Waals surface area contributed by atoms with Gasteiger partial charge in [-0.25, -0.2) is 0 Å². The second kappa shape index (κ2) is 2.94. The van der Waals surface area contributed by atoms with Crippen molar-refractivity contribution < 1.29 is 4.74 Å². The van der Waals surface area contributed by atoms with E-state index in [4.69, 9.17) is 15.9 Å². The van der Waals surface area contributed by atoms with Gasteiger partial charge in [-0.2, -0.15) is 0 Å². The standard InChI is InChI=1S/C8H17N3O/c1-6-4-11(7(9)10)5-8(2,3)12-6/h6H,4-5H2,1-3H3,(H3,9,10). The highest BCUT2D eigenvalue weighted by Crippen LogP contribution is 2.19. The molecule has 4 nitrogen and oxygen atoms in total. The molecule has 0 saturated carbocycles. The Balaban J connectivity index is 2.64. The molecule has 12 heavy (non-hydrogen) atoms. The Morgan fingerprint density at radius 3 is 2.67 bits per heavy atom. The second-order valence-electron chi connectivity index (χ2n) is 3.95. The quantitative estimate of drug-likeness (QED) is 0.409. The van der Waals surface area contributed by atoms with Crippen LogP contribution >= 0.6 is 0 Å². The zero-order valence-corrected chi connectivity index (χ0v) is 7.92. The van der Waals surface area contributed by atoms with Gasteiger partial charge in [0.05, 0.1) is 11.7 Å². The summed E-state index contributed by atoms with van der Waals surface area (Å²) in [7, 11) is 0. The Morgan fingerprint density at radius 1 is 1.67 bits per heavy atom. The average molecular weight is 171 g/mol. The van der Waals surface area contributed by atoms with Crippen molar-refractivity contribution in [2.24, 2.45) is 5.73 Å². The van der Waals surface area contributed by atoms with Gasteiger partial charge in [0.15, 0.2) is 5.96 Å². The van der Waals surface area contributed by atoms with Gasteiger partial charge in [0.2, 0.25) is 0 Å². The summed E-state index contributed by atoms with van der Waals surface area (Å²) in [5.41, 5.74) is 5.21. The molecule has 0 spiro atoms. The van der Waals surface area contributed by atoms with Crippen LogP contribution in [0.25, 0.3) is 0 Å². The SMILES string of the molecule is CC1CN(C(=N)N)CC(C)(C)O1. The molecule has 1 aliphatic rings. The summed E-state index contributed by atoms with van der Waals surface area (Å²) in [5, 5.41) is 7.30. The summed E-state index contributed by atoms with van der Waals surface area (Å²) in [5.74, 6) is 0.137. The molecule has 0 bridgehead atoms. The molecule has 70 valence electrons. The van der Waals surface area contributed by atoms with Crippen LogP contribution in [0.5, 0.6) is 0 Å². The lowest BCUT2D eigenvalue weighted by atomic mass is 10.1. The van der Waals surface area contributed by atoms with E-state index in [1.54, 1.807) is 0 Å². The topological polar surface area (TPSA) is 62.3 Å². The molecule has 0 aromatic rings. The van der Waals surface area contributed by atoms with Crippen LogP contribution in [0.3, 0.4) is 0 Å². The zero-order valence-electron chi connectivity index (χ0n) is 7.92. The fourth-order valence-corrected chi connectivity index (χ4v) is 1.64. The lowest BCUT2D eigenvalue weighted by Crippen LogP contribution is -2.55. The summed E-state index contributed by atoms with van der Waals surface area (Å²) < 4.78 is 5.66. The van der Waals surface area contributed by atoms with Gasteiger partial charge in [-0.05, 0) is 20.8 Å². The number of ether oxygens (including phenoxy) is 1. The Hall–Kier alpha value is -0.770. The molecule has 1 unspecified atom stereocenters. The number of guanidine groups is 1. The van der Waals surface area contributed by atoms with Crippen molar-refractivity contribution in [1.82, 2.24) is 4.90 Å². The second-order valence-corrected chi connectivity index (χ2v) is 3.95. The van der Waals surface area contributed by atoms with Gasteiger partial charge in [0.25, 0.3) is 0 Å². The summed E-state index contributed by atoms with van der Waals surface area (Å²) in [6.45, 7) is 7.44. The van der Waals surface area contributed by atoms with Gasteiger partial charge >= 0.3 is 0 Å². The predicted octanol–water partition coefficient (Wildman–Crippen LogP) is 0.379. The minimum absolute atomic E-state index is 0.137. The summed E-state index contributed by atoms with van der Waals surface area (Å²) in [6.07, 6.45) is 0.151. The molecular formula is C8H17N3O. The number of nitrogens with zero attached hydrogens (tertiary/aromatic N) is 1. The molecule has 0 radical (unpaired) electrons. The van der Waals surface area contributed by atoms with E-state index in [9.17, 15) is 0 Å². The first-order chi connectivity index (χ1) is 5.41. The lowest BCUT2D eigenvalue weighted by molar-refractivity contribution is -0.113. The highest BCUT2D eigenvalue weighted by atomic mass is 16.5. The third kappa shape index (κ3) is 2.11. The third-order valence-electron chi connectivity index (χ3n) is 1.91. The molecule has 1 aliphatic heterocycles. The largest absolute Gasteiger partial charge is 0.370 e. The van der Waals surface area contributed by atoms with E-state index in [-0.39, 0.29) is 17.7 Å². The smallest absolute Gasteiger partial charge is 0.188 e. The van der Waals surface area contributed by atoms with E-state index in [1.165, 1.54) is 0 Å². The molecule has 3 N–H and O–H groups in total. The molecule has 4 heteroatoms. The van der Waals surface area contributed by atoms with E-state index >= 15 is 0 Å². The van der Waals surface area contributed by atoms with E-state index in [0.717, 1.165) is 6.54 Å². The van der Waals surface area contributed by atoms with Crippen molar-refractivity contribution in [3.8, 4) is 0 Å². The van der Waals surface area contributed by atoms with Crippen molar-refractivity contribution in [3.63, 3.8) is 0 Å². The van der Waals surface area contributed by atoms with Crippen molar-refractivity contribution in [1.29, 1.82) is 5.41 Å². The van der Waals surface area contributed by atoms with E-state index in [0.29, 0.717) is 6.54 Å². The van der Waals surface area contributed by atoms with Crippen LogP contribution in [0.2, 0.25) is 0 Å². The van der Waals surface area contributed by atoms with Crippen LogP contribution < -0.4 is 5.73 Å². The third-order valence-corrected chi connectivity index (χ3v) is 1.91. The Labute approximate surface area is 73.2 Å². The number of hydrogen-bond acceptors (Lipinski definition) is 2. The Kier molecular flexibility index (Phi) is 2.28. The summed E-state index contributed by atoms with van der Waals surface area (Å²) in [6, 6.07) is 0. The van der Waals surface area contributed by atoms with Gasteiger partial charge in [-0.15, -0.1) is 0 Å². The van der Waals surface area contributed by atoms with Crippen LogP contribution in [0.15, 0.2) is 0 Å². The van der Waals surface area contributed by atoms with Crippen LogP contribution in [0.1, 0.15) is 20.8 Å². The van der Waals surface area contributed by atoms with E-state index in [2.05, 4.69) is 0 Å². The molecule has 1 saturated heterocycles. The van der Waals surface area contributed by atoms with E-state index < -0.39 is 0 Å². The summed E-state index contributed by atoms with van der Waals surface area (Å²) in [4.78, 5) is 1.84. The van der Waals surface area contributed by atoms with Crippen molar-refractivity contribution in [3.05, 3.63) is 0 Å². The predicted molar refractivity (Wildman–Crippen MR) is 48.1 cm³/mol. The van der Waals surface area contributed by atoms with Gasteiger partial charge < -0.3 is 15.4 Å². The number of nitrogens with two attached hydrogens (primary N) is 1. The molecule has 0 aliphatic carbocycles. The maximum Gasteiger partial charge on any atom is 0.188 e. The first-order valence-corrected chi connectivity index (χ1v) is 4.17. The van der Waals surface area contributed by atoms with Gasteiger partial charge in [0.1, 0.15) is 0 Å². The maximum absolute atomic E-state index is 7.30. The average Bonchev–Trinajstić information content (AvgIpc) is 1.82. The Morgan fingerprint density at radius 2 is 2.25 bits per heavy atom. The van der Waals surface area contributed by atoms with Crippen molar-refractivity contribution >= 4 is 5.96 Å². The fourth-order valence-electron chi connectivity index (χ4n) is 1.64. The van der Waals surface area contributed by atoms with Crippen LogP contribution in [-0.2, 0) is 4.74 Å². The van der Waals surface area contributed by atoms with Crippen molar-refractivity contribution in [2.45, 2.75) is 32.5 Å². The molecular weight excluding hydrogens is 154 g/mol. The number of hydrogen-bond donors (Lipinski definition) is 2. The highest BCUT2D eigenvalue weighted by molar-refractivity contribution is 5.74. The number of nitrogens with one attached hydrogen (secondary N) is 1. The fraction of sp³-hybridized carbons (Fsp3) is 0.875. The van der Waals surface area contributed by atoms with Crippen LogP contribution in [-0.4, -0.2) is 35.7 Å². The Bertz CT molecular complexity index is 191. The normalized spacial score (nSPS) is 28.6. The zero-order chi connectivity index (χ0) is 9.35. The maximum atomic E-state index is 7.30. The minimum atomic E-state index is -0.191. The van der Waals surface area contributed by atoms with Crippen molar-refractivity contribution in [2.75, 3.05) is 13.1 Å². The lowest BCUT2D eigenvalue weighted by Gasteiger charge is -2.41. The van der Waals surface area contributed by atoms with E-state index in [1.807, 2.05) is 25.7 Å². The molecule has 1 rings (SSSR count). The monoisotopic (exact) mass is 171 g/mol. The molecule has 1 heterocycles. The molecule has 0 aromatic heterocycles. The molecule has 1 fully saturated rings. The van der Waals surface area contributed by atoms with Crippen LogP contribution in [0, 0.1) is 5.41 Å². The van der Waals surface area contributed by atoms with Crippen LogP contribution in [0.4, 0.5) is 0 Å². The summed E-state index contributed by atoms with van der Waals surface area (Å²) >= 11 is 0. The van der Waals surface area contributed by atoms with Gasteiger partial charge in [-0.1, -0.05) is 0 Å². The first-order valence-electron chi connectivity index (χ1n) is 4.17. The molecule has 0 amide bonds. The molecule has 1 atom stereocenters. The molecule has 0 aromatic carbocycles.